The maximum absolute atomic E-state index is 13.2. The minimum absolute atomic E-state index is 0.0709. The number of benzene rings is 3. The van der Waals surface area contributed by atoms with Crippen molar-refractivity contribution in [3.63, 3.8) is 0 Å². The second kappa shape index (κ2) is 8.88. The second-order valence-electron chi connectivity index (χ2n) is 8.00. The van der Waals surface area contributed by atoms with Gasteiger partial charge in [-0.1, -0.05) is 30.3 Å². The van der Waals surface area contributed by atoms with Crippen LogP contribution in [-0.2, 0) is 0 Å². The van der Waals surface area contributed by atoms with E-state index in [-0.39, 0.29) is 29.4 Å². The van der Waals surface area contributed by atoms with Crippen molar-refractivity contribution in [1.29, 1.82) is 0 Å². The molecule has 6 nitrogen and oxygen atoms in total. The van der Waals surface area contributed by atoms with E-state index >= 15 is 0 Å². The van der Waals surface area contributed by atoms with Crippen molar-refractivity contribution in [3.8, 4) is 11.5 Å². The molecule has 1 aliphatic rings. The maximum Gasteiger partial charge on any atom is 0.325 e. The molecule has 1 unspecified atom stereocenters. The molecule has 0 radical (unpaired) electrons. The van der Waals surface area contributed by atoms with Gasteiger partial charge < -0.3 is 20.2 Å². The Kier molecular flexibility index (Phi) is 6.01. The molecular formula is C25H25FN2O4. The Labute approximate surface area is 185 Å². The number of phenolic OH excluding ortho intramolecular Hbond substituents is 2. The summed E-state index contributed by atoms with van der Waals surface area (Å²) in [4.78, 5) is 16.5. The molecule has 3 aromatic rings. The van der Waals surface area contributed by atoms with Crippen LogP contribution in [-0.4, -0.2) is 39.3 Å². The van der Waals surface area contributed by atoms with Gasteiger partial charge in [-0.3, -0.25) is 4.90 Å². The summed E-state index contributed by atoms with van der Waals surface area (Å²) < 4.78 is 13.2. The topological polar surface area (TPSA) is 84.2 Å². The van der Waals surface area contributed by atoms with E-state index in [1.165, 1.54) is 24.3 Å². The highest BCUT2D eigenvalue weighted by atomic mass is 19.1. The summed E-state index contributed by atoms with van der Waals surface area (Å²) in [7, 11) is 1.70. The quantitative estimate of drug-likeness (QED) is 0.522. The highest BCUT2D eigenvalue weighted by molar-refractivity contribution is 5.95. The van der Waals surface area contributed by atoms with Crippen LogP contribution in [0, 0.1) is 5.82 Å². The first-order chi connectivity index (χ1) is 15.4. The minimum atomic E-state index is -0.820. The van der Waals surface area contributed by atoms with E-state index in [1.807, 2.05) is 30.3 Å². The van der Waals surface area contributed by atoms with E-state index in [2.05, 4.69) is 0 Å². The molecule has 1 heterocycles. The van der Waals surface area contributed by atoms with Gasteiger partial charge in [0.05, 0.1) is 18.2 Å². The van der Waals surface area contributed by atoms with Crippen LogP contribution in [0.5, 0.6) is 11.5 Å². The molecular weight excluding hydrogens is 411 g/mol. The Morgan fingerprint density at radius 3 is 2.34 bits per heavy atom. The van der Waals surface area contributed by atoms with Gasteiger partial charge in [-0.25, -0.2) is 9.18 Å². The fraction of sp³-hybridized carbons (Fsp3) is 0.240. The third kappa shape index (κ3) is 4.11. The van der Waals surface area contributed by atoms with Crippen LogP contribution >= 0.6 is 0 Å². The zero-order chi connectivity index (χ0) is 22.8. The molecule has 0 saturated carbocycles. The molecule has 0 aliphatic carbocycles. The molecule has 0 bridgehead atoms. The SMILES string of the molecule is CN1C(=O)N(c2ccccc2)[C@H](c2ccc(O)cc2O)[C@H]1CCC(O)c1ccc(F)cc1. The Morgan fingerprint density at radius 1 is 1.00 bits per heavy atom. The van der Waals surface area contributed by atoms with Crippen LogP contribution in [0.25, 0.3) is 0 Å². The highest BCUT2D eigenvalue weighted by Gasteiger charge is 2.46. The number of urea groups is 1. The zero-order valence-corrected chi connectivity index (χ0v) is 17.6. The number of phenols is 2. The molecule has 3 atom stereocenters. The second-order valence-corrected chi connectivity index (χ2v) is 8.00. The predicted octanol–water partition coefficient (Wildman–Crippen LogP) is 4.73. The number of hydrogen-bond acceptors (Lipinski definition) is 4. The van der Waals surface area contributed by atoms with E-state index in [9.17, 15) is 24.5 Å². The number of carbonyl (C=O) groups excluding carboxylic acids is 1. The summed E-state index contributed by atoms with van der Waals surface area (Å²) in [6.07, 6.45) is -0.0417. The van der Waals surface area contributed by atoms with Gasteiger partial charge in [0.2, 0.25) is 0 Å². The average Bonchev–Trinajstić information content (AvgIpc) is 3.03. The standard InChI is InChI=1S/C25H25FN2O4/c1-27-21(13-14-22(30)16-7-9-17(26)10-8-16)24(20-12-11-19(29)15-23(20)31)28(25(27)32)18-5-3-2-4-6-18/h2-12,15,21-22,24,29-31H,13-14H2,1H3/t21-,22?,24-/m1/s1. The molecule has 4 rings (SSSR count). The summed E-state index contributed by atoms with van der Waals surface area (Å²) in [6, 6.07) is 18.1. The minimum Gasteiger partial charge on any atom is -0.508 e. The monoisotopic (exact) mass is 436 g/mol. The average molecular weight is 436 g/mol. The molecule has 7 heteroatoms. The van der Waals surface area contributed by atoms with Crippen LogP contribution in [0.15, 0.2) is 72.8 Å². The molecule has 3 aromatic carbocycles. The van der Waals surface area contributed by atoms with Gasteiger partial charge in [0, 0.05) is 24.4 Å². The van der Waals surface area contributed by atoms with Crippen molar-refractivity contribution in [2.75, 3.05) is 11.9 Å². The van der Waals surface area contributed by atoms with E-state index in [1.54, 1.807) is 35.0 Å². The largest absolute Gasteiger partial charge is 0.508 e. The molecule has 0 spiro atoms. The van der Waals surface area contributed by atoms with Gasteiger partial charge in [0.1, 0.15) is 17.3 Å². The Morgan fingerprint density at radius 2 is 1.69 bits per heavy atom. The number of carbonyl (C=O) groups is 1. The van der Waals surface area contributed by atoms with Crippen LogP contribution in [0.1, 0.15) is 36.1 Å². The van der Waals surface area contributed by atoms with Crippen molar-refractivity contribution < 1.29 is 24.5 Å². The van der Waals surface area contributed by atoms with Gasteiger partial charge in [0.25, 0.3) is 0 Å². The van der Waals surface area contributed by atoms with Gasteiger partial charge in [-0.05, 0) is 54.8 Å². The zero-order valence-electron chi connectivity index (χ0n) is 17.6. The lowest BCUT2D eigenvalue weighted by atomic mass is 9.92. The van der Waals surface area contributed by atoms with Crippen molar-refractivity contribution in [2.24, 2.45) is 0 Å². The van der Waals surface area contributed by atoms with Crippen molar-refractivity contribution >= 4 is 11.7 Å². The third-order valence-corrected chi connectivity index (χ3v) is 6.01. The number of aliphatic hydroxyl groups is 1. The third-order valence-electron chi connectivity index (χ3n) is 6.01. The van der Waals surface area contributed by atoms with Crippen LogP contribution < -0.4 is 4.90 Å². The number of likely N-dealkylation sites (N-methyl/N-ethyl adjacent to an activating group) is 1. The van der Waals surface area contributed by atoms with Crippen LogP contribution in [0.2, 0.25) is 0 Å². The molecule has 1 saturated heterocycles. The summed E-state index contributed by atoms with van der Waals surface area (Å²) >= 11 is 0. The smallest absolute Gasteiger partial charge is 0.325 e. The van der Waals surface area contributed by atoms with E-state index in [0.29, 0.717) is 29.7 Å². The molecule has 166 valence electrons. The maximum atomic E-state index is 13.2. The van der Waals surface area contributed by atoms with Gasteiger partial charge >= 0.3 is 6.03 Å². The first kappa shape index (κ1) is 21.6. The predicted molar refractivity (Wildman–Crippen MR) is 119 cm³/mol. The number of rotatable bonds is 6. The number of halogens is 1. The van der Waals surface area contributed by atoms with Gasteiger partial charge in [-0.15, -0.1) is 0 Å². The first-order valence-electron chi connectivity index (χ1n) is 10.4. The van der Waals surface area contributed by atoms with Crippen LogP contribution in [0.3, 0.4) is 0 Å². The Hall–Kier alpha value is -3.58. The molecule has 2 amide bonds. The number of aromatic hydroxyl groups is 2. The highest BCUT2D eigenvalue weighted by Crippen LogP contribution is 2.44. The van der Waals surface area contributed by atoms with Crippen molar-refractivity contribution in [1.82, 2.24) is 4.90 Å². The molecule has 1 aliphatic heterocycles. The van der Waals surface area contributed by atoms with E-state index < -0.39 is 12.1 Å². The Balaban J connectivity index is 1.67. The van der Waals surface area contributed by atoms with Gasteiger partial charge in [-0.2, -0.15) is 0 Å². The lowest BCUT2D eigenvalue weighted by Gasteiger charge is -2.29. The van der Waals surface area contributed by atoms with Gasteiger partial charge in [0.15, 0.2) is 0 Å². The Bertz CT molecular complexity index is 1090. The molecule has 32 heavy (non-hydrogen) atoms. The number of anilines is 1. The summed E-state index contributed by atoms with van der Waals surface area (Å²) in [5.74, 6) is -0.551. The molecule has 1 fully saturated rings. The molecule has 3 N–H and O–H groups in total. The van der Waals surface area contributed by atoms with Crippen LogP contribution in [0.4, 0.5) is 14.9 Å². The fourth-order valence-electron chi connectivity index (χ4n) is 4.33. The summed E-state index contributed by atoms with van der Waals surface area (Å²) in [5, 5.41) is 31.0. The van der Waals surface area contributed by atoms with E-state index in [4.69, 9.17) is 0 Å². The number of hydrogen-bond donors (Lipinski definition) is 3. The lowest BCUT2D eigenvalue weighted by Crippen LogP contribution is -2.31. The number of para-hydroxylation sites is 1. The molecule has 0 aromatic heterocycles. The van der Waals surface area contributed by atoms with E-state index in [0.717, 1.165) is 0 Å². The first-order valence-corrected chi connectivity index (χ1v) is 10.4. The lowest BCUT2D eigenvalue weighted by molar-refractivity contribution is 0.148. The summed E-state index contributed by atoms with van der Waals surface area (Å²) in [5.41, 5.74) is 1.79. The number of aliphatic hydroxyl groups excluding tert-OH is 1. The summed E-state index contributed by atoms with van der Waals surface area (Å²) in [6.45, 7) is 0. The number of nitrogens with zero attached hydrogens (tertiary/aromatic N) is 2. The van der Waals surface area contributed by atoms with Crippen molar-refractivity contribution in [3.05, 3.63) is 89.7 Å². The number of amides is 2. The van der Waals surface area contributed by atoms with Crippen molar-refractivity contribution in [2.45, 2.75) is 31.0 Å². The normalized spacial score (nSPS) is 19.4. The fourth-order valence-corrected chi connectivity index (χ4v) is 4.33.